The van der Waals surface area contributed by atoms with Crippen LogP contribution < -0.4 is 5.73 Å². The van der Waals surface area contributed by atoms with Crippen molar-refractivity contribution >= 4 is 20.7 Å². The molecule has 0 spiro atoms. The highest BCUT2D eigenvalue weighted by atomic mass is 32.2. The summed E-state index contributed by atoms with van der Waals surface area (Å²) >= 11 is 0. The molecule has 0 saturated carbocycles. The van der Waals surface area contributed by atoms with E-state index in [0.717, 1.165) is 28.7 Å². The van der Waals surface area contributed by atoms with Crippen LogP contribution in [0.15, 0.2) is 24.3 Å². The molecule has 2 aromatic rings. The summed E-state index contributed by atoms with van der Waals surface area (Å²) in [6.07, 6.45) is 0. The Morgan fingerprint density at radius 3 is 2.50 bits per heavy atom. The molecule has 1 heterocycles. The van der Waals surface area contributed by atoms with Gasteiger partial charge in [-0.3, -0.25) is 0 Å². The van der Waals surface area contributed by atoms with E-state index in [0.29, 0.717) is 6.54 Å². The van der Waals surface area contributed by atoms with Crippen molar-refractivity contribution in [2.24, 2.45) is 5.73 Å². The Balaban J connectivity index is 2.54. The molecule has 2 N–H and O–H groups in total. The lowest BCUT2D eigenvalue weighted by molar-refractivity contribution is 0.584. The third-order valence-electron chi connectivity index (χ3n) is 3.67. The Kier molecular flexibility index (Phi) is 4.20. The van der Waals surface area contributed by atoms with Gasteiger partial charge in [0.15, 0.2) is 9.84 Å². The van der Waals surface area contributed by atoms with E-state index in [1.54, 1.807) is 13.8 Å². The standard InChI is InChI=1S/C15H22N2O2S/c1-4-17-14(10-20(18,19)11(2)3)8-13-6-5-12(9-16)7-15(13)17/h5-8,11H,4,9-10,16H2,1-3H3. The van der Waals surface area contributed by atoms with Crippen molar-refractivity contribution in [3.63, 3.8) is 0 Å². The average Bonchev–Trinajstić information content (AvgIpc) is 2.73. The lowest BCUT2D eigenvalue weighted by Crippen LogP contribution is -2.18. The first-order valence-corrected chi connectivity index (χ1v) is 8.63. The Labute approximate surface area is 120 Å². The number of aryl methyl sites for hydroxylation is 1. The van der Waals surface area contributed by atoms with Gasteiger partial charge in [-0.2, -0.15) is 0 Å². The van der Waals surface area contributed by atoms with Gasteiger partial charge in [0.2, 0.25) is 0 Å². The summed E-state index contributed by atoms with van der Waals surface area (Å²) in [7, 11) is -3.09. The first-order chi connectivity index (χ1) is 9.39. The lowest BCUT2D eigenvalue weighted by Gasteiger charge is -2.11. The maximum absolute atomic E-state index is 12.1. The molecule has 0 aliphatic carbocycles. The lowest BCUT2D eigenvalue weighted by atomic mass is 10.1. The molecule has 2 rings (SSSR count). The minimum atomic E-state index is -3.09. The average molecular weight is 294 g/mol. The molecular weight excluding hydrogens is 272 g/mol. The Morgan fingerprint density at radius 1 is 1.25 bits per heavy atom. The minimum absolute atomic E-state index is 0.0884. The predicted octanol–water partition coefficient (Wildman–Crippen LogP) is 2.44. The second-order valence-corrected chi connectivity index (χ2v) is 7.89. The molecule has 5 heteroatoms. The van der Waals surface area contributed by atoms with Crippen molar-refractivity contribution in [1.29, 1.82) is 0 Å². The molecule has 0 bridgehead atoms. The van der Waals surface area contributed by atoms with Crippen molar-refractivity contribution < 1.29 is 8.42 Å². The number of hydrogen-bond donors (Lipinski definition) is 1. The fourth-order valence-electron chi connectivity index (χ4n) is 2.35. The number of nitrogens with zero attached hydrogens (tertiary/aromatic N) is 1. The molecular formula is C15H22N2O2S. The van der Waals surface area contributed by atoms with Crippen LogP contribution in [0.25, 0.3) is 10.9 Å². The third kappa shape index (κ3) is 2.74. The quantitative estimate of drug-likeness (QED) is 0.921. The summed E-state index contributed by atoms with van der Waals surface area (Å²) in [5, 5.41) is 0.712. The van der Waals surface area contributed by atoms with Gasteiger partial charge < -0.3 is 10.3 Å². The smallest absolute Gasteiger partial charge is 0.158 e. The zero-order chi connectivity index (χ0) is 14.9. The summed E-state index contributed by atoms with van der Waals surface area (Å²) in [6.45, 7) is 6.71. The molecule has 20 heavy (non-hydrogen) atoms. The number of sulfone groups is 1. The Bertz CT molecular complexity index is 715. The molecule has 110 valence electrons. The number of hydrogen-bond acceptors (Lipinski definition) is 3. The molecule has 1 aromatic carbocycles. The van der Waals surface area contributed by atoms with Crippen LogP contribution in [-0.2, 0) is 28.7 Å². The van der Waals surface area contributed by atoms with Gasteiger partial charge in [0.1, 0.15) is 0 Å². The molecule has 0 aliphatic rings. The van der Waals surface area contributed by atoms with Gasteiger partial charge in [-0.15, -0.1) is 0 Å². The van der Waals surface area contributed by atoms with E-state index >= 15 is 0 Å². The highest BCUT2D eigenvalue weighted by Crippen LogP contribution is 2.24. The van der Waals surface area contributed by atoms with Crippen LogP contribution in [0.1, 0.15) is 32.0 Å². The second kappa shape index (κ2) is 5.58. The van der Waals surface area contributed by atoms with Crippen LogP contribution >= 0.6 is 0 Å². The van der Waals surface area contributed by atoms with Crippen molar-refractivity contribution in [3.05, 3.63) is 35.5 Å². The summed E-state index contributed by atoms with van der Waals surface area (Å²) in [6, 6.07) is 8.02. The maximum atomic E-state index is 12.1. The second-order valence-electron chi connectivity index (χ2n) is 5.33. The van der Waals surface area contributed by atoms with Gasteiger partial charge >= 0.3 is 0 Å². The molecule has 0 atom stereocenters. The summed E-state index contributed by atoms with van der Waals surface area (Å²) in [4.78, 5) is 0. The van der Waals surface area contributed by atoms with Crippen LogP contribution in [0.2, 0.25) is 0 Å². The monoisotopic (exact) mass is 294 g/mol. The van der Waals surface area contributed by atoms with E-state index in [-0.39, 0.29) is 11.0 Å². The zero-order valence-corrected chi connectivity index (χ0v) is 13.1. The van der Waals surface area contributed by atoms with E-state index in [9.17, 15) is 8.42 Å². The van der Waals surface area contributed by atoms with Crippen molar-refractivity contribution in [3.8, 4) is 0 Å². The summed E-state index contributed by atoms with van der Waals surface area (Å²) in [5.74, 6) is 0.0884. The van der Waals surface area contributed by atoms with Gasteiger partial charge in [0.25, 0.3) is 0 Å². The van der Waals surface area contributed by atoms with E-state index in [1.165, 1.54) is 0 Å². The van der Waals surface area contributed by atoms with Crippen LogP contribution in [0.5, 0.6) is 0 Å². The highest BCUT2D eigenvalue weighted by molar-refractivity contribution is 7.91. The largest absolute Gasteiger partial charge is 0.344 e. The number of fused-ring (bicyclic) bond motifs is 1. The van der Waals surface area contributed by atoms with Gasteiger partial charge in [0, 0.05) is 24.3 Å². The predicted molar refractivity (Wildman–Crippen MR) is 83.3 cm³/mol. The number of rotatable bonds is 5. The SMILES string of the molecule is CCn1c(CS(=O)(=O)C(C)C)cc2ccc(CN)cc21. The van der Waals surface area contributed by atoms with Crippen molar-refractivity contribution in [2.45, 2.75) is 44.9 Å². The van der Waals surface area contributed by atoms with Crippen molar-refractivity contribution in [1.82, 2.24) is 4.57 Å². The molecule has 4 nitrogen and oxygen atoms in total. The van der Waals surface area contributed by atoms with Gasteiger partial charge in [-0.05, 0) is 43.9 Å². The van der Waals surface area contributed by atoms with Crippen LogP contribution in [0.3, 0.4) is 0 Å². The third-order valence-corrected chi connectivity index (χ3v) is 5.81. The highest BCUT2D eigenvalue weighted by Gasteiger charge is 2.20. The first-order valence-electron chi connectivity index (χ1n) is 6.91. The number of nitrogens with two attached hydrogens (primary N) is 1. The number of benzene rings is 1. The van der Waals surface area contributed by atoms with Crippen LogP contribution in [0, 0.1) is 0 Å². The zero-order valence-electron chi connectivity index (χ0n) is 12.3. The van der Waals surface area contributed by atoms with Gasteiger partial charge in [0.05, 0.1) is 11.0 Å². The maximum Gasteiger partial charge on any atom is 0.158 e. The normalized spacial score (nSPS) is 12.4. The van der Waals surface area contributed by atoms with E-state index in [1.807, 2.05) is 31.2 Å². The molecule has 0 radical (unpaired) electrons. The molecule has 0 amide bonds. The molecule has 0 unspecified atom stereocenters. The Morgan fingerprint density at radius 2 is 1.95 bits per heavy atom. The van der Waals surface area contributed by atoms with Crippen molar-refractivity contribution in [2.75, 3.05) is 0 Å². The Hall–Kier alpha value is -1.33. The molecule has 0 aliphatic heterocycles. The molecule has 0 saturated heterocycles. The summed E-state index contributed by atoms with van der Waals surface area (Å²) < 4.78 is 26.3. The topological polar surface area (TPSA) is 65.1 Å². The first kappa shape index (κ1) is 15.1. The van der Waals surface area contributed by atoms with Crippen LogP contribution in [0.4, 0.5) is 0 Å². The van der Waals surface area contributed by atoms with E-state index in [4.69, 9.17) is 5.73 Å². The van der Waals surface area contributed by atoms with E-state index < -0.39 is 9.84 Å². The van der Waals surface area contributed by atoms with Gasteiger partial charge in [-0.1, -0.05) is 12.1 Å². The number of aromatic nitrogens is 1. The summed E-state index contributed by atoms with van der Waals surface area (Å²) in [5.41, 5.74) is 8.65. The van der Waals surface area contributed by atoms with Crippen LogP contribution in [-0.4, -0.2) is 18.2 Å². The fourth-order valence-corrected chi connectivity index (χ4v) is 3.33. The fraction of sp³-hybridized carbons (Fsp3) is 0.467. The minimum Gasteiger partial charge on any atom is -0.344 e. The van der Waals surface area contributed by atoms with E-state index in [2.05, 4.69) is 4.57 Å². The van der Waals surface area contributed by atoms with Gasteiger partial charge in [-0.25, -0.2) is 8.42 Å². The molecule has 0 fully saturated rings. The molecule has 1 aromatic heterocycles.